The van der Waals surface area contributed by atoms with E-state index in [1.807, 2.05) is 0 Å². The van der Waals surface area contributed by atoms with E-state index in [4.69, 9.17) is 0 Å². The molecule has 0 amide bonds. The number of H-pyrrole nitrogens is 1. The Labute approximate surface area is 106 Å². The number of hydrogen-bond acceptors (Lipinski definition) is 2. The van der Waals surface area contributed by atoms with Crippen molar-refractivity contribution in [3.05, 3.63) is 41.6 Å². The number of nitrogens with one attached hydrogen (secondary N) is 2. The second kappa shape index (κ2) is 3.70. The highest BCUT2D eigenvalue weighted by Gasteiger charge is 2.29. The van der Waals surface area contributed by atoms with Gasteiger partial charge in [-0.3, -0.25) is 0 Å². The topological polar surface area (TPSA) is 48.0 Å². The Morgan fingerprint density at radius 1 is 1.33 bits per heavy atom. The van der Waals surface area contributed by atoms with Gasteiger partial charge in [-0.2, -0.15) is 0 Å². The number of aromatic nitrogens is 1. The van der Waals surface area contributed by atoms with E-state index in [0.717, 1.165) is 13.0 Å². The molecule has 1 aliphatic carbocycles. The van der Waals surface area contributed by atoms with Gasteiger partial charge in [0, 0.05) is 35.6 Å². The van der Waals surface area contributed by atoms with Crippen LogP contribution in [0.2, 0.25) is 0 Å². The molecule has 0 bridgehead atoms. The van der Waals surface area contributed by atoms with Crippen molar-refractivity contribution < 1.29 is 5.11 Å². The van der Waals surface area contributed by atoms with E-state index in [9.17, 15) is 5.11 Å². The molecule has 3 heteroatoms. The predicted molar refractivity (Wildman–Crippen MR) is 72.3 cm³/mol. The summed E-state index contributed by atoms with van der Waals surface area (Å²) in [6.07, 6.45) is 5.43. The minimum atomic E-state index is 0.221. The van der Waals surface area contributed by atoms with Crippen molar-refractivity contribution in [2.75, 3.05) is 13.2 Å². The smallest absolute Gasteiger partial charge is 0.0506 e. The molecule has 0 spiro atoms. The first-order chi connectivity index (χ1) is 8.86. The number of benzene rings is 1. The Hall–Kier alpha value is -1.58. The van der Waals surface area contributed by atoms with E-state index in [1.54, 1.807) is 0 Å². The summed E-state index contributed by atoms with van der Waals surface area (Å²) in [5.41, 5.74) is 5.30. The zero-order valence-corrected chi connectivity index (χ0v) is 10.1. The zero-order valence-electron chi connectivity index (χ0n) is 10.1. The van der Waals surface area contributed by atoms with Gasteiger partial charge in [0.25, 0.3) is 0 Å². The summed E-state index contributed by atoms with van der Waals surface area (Å²) in [5.74, 6) is 0.243. The Morgan fingerprint density at radius 3 is 3.17 bits per heavy atom. The van der Waals surface area contributed by atoms with Gasteiger partial charge in [-0.05, 0) is 29.2 Å². The maximum atomic E-state index is 9.34. The lowest BCUT2D eigenvalue weighted by Crippen LogP contribution is -2.41. The molecule has 0 saturated carbocycles. The van der Waals surface area contributed by atoms with Crippen LogP contribution in [0, 0.1) is 5.92 Å². The highest BCUT2D eigenvalue weighted by atomic mass is 16.3. The highest BCUT2D eigenvalue weighted by molar-refractivity contribution is 5.98. The summed E-state index contributed by atoms with van der Waals surface area (Å²) in [7, 11) is 0. The van der Waals surface area contributed by atoms with E-state index < -0.39 is 0 Å². The lowest BCUT2D eigenvalue weighted by molar-refractivity contribution is 0.243. The van der Waals surface area contributed by atoms with Crippen molar-refractivity contribution >= 4 is 16.5 Å². The monoisotopic (exact) mass is 240 g/mol. The summed E-state index contributed by atoms with van der Waals surface area (Å²) >= 11 is 0. The Balaban J connectivity index is 1.97. The third-order valence-electron chi connectivity index (χ3n) is 4.17. The Kier molecular flexibility index (Phi) is 2.13. The van der Waals surface area contributed by atoms with Crippen LogP contribution >= 0.6 is 0 Å². The average Bonchev–Trinajstić information content (AvgIpc) is 2.83. The van der Waals surface area contributed by atoms with E-state index in [-0.39, 0.29) is 12.5 Å². The van der Waals surface area contributed by atoms with Crippen LogP contribution in [0.5, 0.6) is 0 Å². The standard InChI is InChI=1S/C15H16N2O/c18-8-9-4-12-11-2-1-3-13-15(11)10(7-17-13)5-14(12)16-6-9/h1-4,7,9,14,16-18H,5-6,8H2/t9-,14?/m1/s1. The highest BCUT2D eigenvalue weighted by Crippen LogP contribution is 2.38. The quantitative estimate of drug-likeness (QED) is 0.710. The fourth-order valence-electron chi connectivity index (χ4n) is 3.29. The van der Waals surface area contributed by atoms with Gasteiger partial charge in [0.1, 0.15) is 0 Å². The molecule has 18 heavy (non-hydrogen) atoms. The van der Waals surface area contributed by atoms with Gasteiger partial charge in [-0.15, -0.1) is 0 Å². The molecule has 92 valence electrons. The minimum Gasteiger partial charge on any atom is -0.396 e. The van der Waals surface area contributed by atoms with Crippen molar-refractivity contribution in [3.8, 4) is 0 Å². The van der Waals surface area contributed by atoms with Crippen LogP contribution in [-0.2, 0) is 6.42 Å². The van der Waals surface area contributed by atoms with Crippen LogP contribution in [0.1, 0.15) is 11.1 Å². The molecule has 1 aromatic heterocycles. The van der Waals surface area contributed by atoms with Gasteiger partial charge in [-0.25, -0.2) is 0 Å². The molecule has 4 rings (SSSR count). The number of fused-ring (bicyclic) bond motifs is 2. The van der Waals surface area contributed by atoms with Gasteiger partial charge in [0.05, 0.1) is 6.61 Å². The summed E-state index contributed by atoms with van der Waals surface area (Å²) in [6.45, 7) is 1.10. The van der Waals surface area contributed by atoms with E-state index in [0.29, 0.717) is 6.04 Å². The fraction of sp³-hybridized carbons (Fsp3) is 0.333. The molecule has 1 unspecified atom stereocenters. The number of aliphatic hydroxyl groups is 1. The third kappa shape index (κ3) is 1.32. The third-order valence-corrected chi connectivity index (χ3v) is 4.17. The molecule has 0 radical (unpaired) electrons. The lowest BCUT2D eigenvalue weighted by Gasteiger charge is -2.33. The van der Waals surface area contributed by atoms with Gasteiger partial charge in [0.2, 0.25) is 0 Å². The molecule has 0 saturated heterocycles. The average molecular weight is 240 g/mol. The van der Waals surface area contributed by atoms with Gasteiger partial charge in [0.15, 0.2) is 0 Å². The maximum absolute atomic E-state index is 9.34. The molecule has 2 aliphatic rings. The van der Waals surface area contributed by atoms with Gasteiger partial charge >= 0.3 is 0 Å². The zero-order chi connectivity index (χ0) is 12.1. The first kappa shape index (κ1) is 10.4. The predicted octanol–water partition coefficient (Wildman–Crippen LogP) is 1.69. The normalized spacial score (nSPS) is 25.9. The first-order valence-electron chi connectivity index (χ1n) is 6.52. The second-order valence-corrected chi connectivity index (χ2v) is 5.27. The van der Waals surface area contributed by atoms with E-state index >= 15 is 0 Å². The first-order valence-corrected chi connectivity index (χ1v) is 6.52. The van der Waals surface area contributed by atoms with Crippen molar-refractivity contribution in [3.63, 3.8) is 0 Å². The van der Waals surface area contributed by atoms with Crippen LogP contribution in [0.25, 0.3) is 16.5 Å². The molecule has 2 aromatic rings. The van der Waals surface area contributed by atoms with E-state index in [2.05, 4.69) is 40.8 Å². The Morgan fingerprint density at radius 2 is 2.28 bits per heavy atom. The number of aromatic amines is 1. The summed E-state index contributed by atoms with van der Waals surface area (Å²) in [6, 6.07) is 6.83. The SMILES string of the molecule is OC[C@@H]1C=C2c3cccc4[nH]cc(c34)CC2NC1. The molecule has 2 atom stereocenters. The molecule has 3 nitrogen and oxygen atoms in total. The number of hydrogen-bond donors (Lipinski definition) is 3. The lowest BCUT2D eigenvalue weighted by atomic mass is 9.81. The van der Waals surface area contributed by atoms with Crippen LogP contribution in [0.15, 0.2) is 30.5 Å². The molecule has 2 heterocycles. The molecular formula is C15H16N2O. The summed E-state index contributed by atoms with van der Waals surface area (Å²) in [5, 5.41) is 14.3. The Bertz CT molecular complexity index is 641. The molecule has 3 N–H and O–H groups in total. The summed E-state index contributed by atoms with van der Waals surface area (Å²) in [4.78, 5) is 3.35. The number of rotatable bonds is 1. The van der Waals surface area contributed by atoms with Crippen molar-refractivity contribution in [2.24, 2.45) is 5.92 Å². The van der Waals surface area contributed by atoms with Crippen LogP contribution in [0.3, 0.4) is 0 Å². The summed E-state index contributed by atoms with van der Waals surface area (Å²) < 4.78 is 0. The van der Waals surface area contributed by atoms with Crippen LogP contribution in [0.4, 0.5) is 0 Å². The fourth-order valence-corrected chi connectivity index (χ4v) is 3.29. The maximum Gasteiger partial charge on any atom is 0.0506 e. The van der Waals surface area contributed by atoms with Crippen molar-refractivity contribution in [1.29, 1.82) is 0 Å². The van der Waals surface area contributed by atoms with Crippen molar-refractivity contribution in [2.45, 2.75) is 12.5 Å². The van der Waals surface area contributed by atoms with Crippen LogP contribution < -0.4 is 5.32 Å². The van der Waals surface area contributed by atoms with Crippen molar-refractivity contribution in [1.82, 2.24) is 10.3 Å². The van der Waals surface area contributed by atoms with Gasteiger partial charge < -0.3 is 15.4 Å². The molecular weight excluding hydrogens is 224 g/mol. The van der Waals surface area contributed by atoms with Gasteiger partial charge in [-0.1, -0.05) is 18.2 Å². The number of aliphatic hydroxyl groups excluding tert-OH is 1. The largest absolute Gasteiger partial charge is 0.396 e. The van der Waals surface area contributed by atoms with Crippen LogP contribution in [-0.4, -0.2) is 29.3 Å². The van der Waals surface area contributed by atoms with E-state index in [1.165, 1.54) is 27.6 Å². The molecule has 1 aromatic carbocycles. The molecule has 1 aliphatic heterocycles. The molecule has 0 fully saturated rings. The minimum absolute atomic E-state index is 0.221. The second-order valence-electron chi connectivity index (χ2n) is 5.27.